The Morgan fingerprint density at radius 3 is 2.45 bits per heavy atom. The number of benzene rings is 3. The average molecular weight is 258 g/mol. The van der Waals surface area contributed by atoms with Gasteiger partial charge in [-0.1, -0.05) is 60.7 Å². The van der Waals surface area contributed by atoms with E-state index in [0.717, 1.165) is 0 Å². The fourth-order valence-corrected chi connectivity index (χ4v) is 2.78. The van der Waals surface area contributed by atoms with Crippen LogP contribution in [0.3, 0.4) is 0 Å². The first kappa shape index (κ1) is 12.7. The molecule has 0 aliphatic rings. The molecule has 3 aromatic rings. The van der Waals surface area contributed by atoms with Gasteiger partial charge in [0.2, 0.25) is 0 Å². The molecule has 0 aliphatic heterocycles. The van der Waals surface area contributed by atoms with E-state index in [4.69, 9.17) is 0 Å². The average Bonchev–Trinajstić information content (AvgIpc) is 2.45. The van der Waals surface area contributed by atoms with Crippen molar-refractivity contribution < 1.29 is 0 Å². The normalized spacial score (nSPS) is 11.5. The molecule has 0 bridgehead atoms. The molecule has 0 atom stereocenters. The van der Waals surface area contributed by atoms with Crippen molar-refractivity contribution in [2.75, 3.05) is 0 Å². The summed E-state index contributed by atoms with van der Waals surface area (Å²) >= 11 is 0. The largest absolute Gasteiger partial charge is 0.0984 e. The number of allylic oxidation sites excluding steroid dienone is 1. The van der Waals surface area contributed by atoms with Gasteiger partial charge in [-0.15, -0.1) is 0 Å². The third-order valence-electron chi connectivity index (χ3n) is 3.76. The van der Waals surface area contributed by atoms with Gasteiger partial charge in [-0.2, -0.15) is 0 Å². The Labute approximate surface area is 120 Å². The second kappa shape index (κ2) is 4.97. The lowest BCUT2D eigenvalue weighted by atomic mass is 9.95. The molecule has 0 amide bonds. The molecule has 0 radical (unpaired) electrons. The highest BCUT2D eigenvalue weighted by Gasteiger charge is 2.05. The van der Waals surface area contributed by atoms with E-state index in [1.807, 2.05) is 13.0 Å². The van der Waals surface area contributed by atoms with Crippen LogP contribution in [0.25, 0.3) is 33.7 Å². The van der Waals surface area contributed by atoms with Gasteiger partial charge < -0.3 is 0 Å². The van der Waals surface area contributed by atoms with Gasteiger partial charge in [0.05, 0.1) is 0 Å². The Kier molecular flexibility index (Phi) is 3.15. The minimum atomic E-state index is 1.21. The number of fused-ring (bicyclic) bond motifs is 2. The maximum Gasteiger partial charge on any atom is -0.00992 e. The van der Waals surface area contributed by atoms with Gasteiger partial charge >= 0.3 is 0 Å². The summed E-state index contributed by atoms with van der Waals surface area (Å²) in [6, 6.07) is 15.5. The van der Waals surface area contributed by atoms with Crippen molar-refractivity contribution in [1.82, 2.24) is 0 Å². The molecule has 0 aliphatic carbocycles. The summed E-state index contributed by atoms with van der Waals surface area (Å²) in [5.41, 5.74) is 3.73. The molecule has 20 heavy (non-hydrogen) atoms. The van der Waals surface area contributed by atoms with Crippen molar-refractivity contribution in [3.8, 4) is 0 Å². The lowest BCUT2D eigenvalue weighted by molar-refractivity contribution is 1.51. The van der Waals surface area contributed by atoms with Crippen LogP contribution in [0.15, 0.2) is 55.1 Å². The molecular formula is C20H18. The van der Waals surface area contributed by atoms with Crippen LogP contribution < -0.4 is 0 Å². The zero-order chi connectivity index (χ0) is 14.1. The molecule has 0 spiro atoms. The molecule has 0 saturated carbocycles. The summed E-state index contributed by atoms with van der Waals surface area (Å²) in [5.74, 6) is 0. The molecular weight excluding hydrogens is 240 g/mol. The van der Waals surface area contributed by atoms with Crippen LogP contribution in [0.2, 0.25) is 0 Å². The van der Waals surface area contributed by atoms with E-state index in [-0.39, 0.29) is 0 Å². The molecule has 98 valence electrons. The zero-order valence-electron chi connectivity index (χ0n) is 12.0. The minimum Gasteiger partial charge on any atom is -0.0984 e. The van der Waals surface area contributed by atoms with Crippen LogP contribution in [0.5, 0.6) is 0 Å². The van der Waals surface area contributed by atoms with Crippen molar-refractivity contribution in [1.29, 1.82) is 0 Å². The van der Waals surface area contributed by atoms with E-state index < -0.39 is 0 Å². The van der Waals surface area contributed by atoms with Crippen molar-refractivity contribution in [3.63, 3.8) is 0 Å². The Hall–Kier alpha value is -2.34. The fraction of sp³-hybridized carbons (Fsp3) is 0.100. The third kappa shape index (κ3) is 2.04. The van der Waals surface area contributed by atoms with Crippen LogP contribution >= 0.6 is 0 Å². The highest BCUT2D eigenvalue weighted by atomic mass is 14.1. The first-order valence-electron chi connectivity index (χ1n) is 6.95. The smallest absolute Gasteiger partial charge is 0.00992 e. The van der Waals surface area contributed by atoms with Crippen molar-refractivity contribution >= 4 is 33.7 Å². The summed E-state index contributed by atoms with van der Waals surface area (Å²) in [4.78, 5) is 0. The van der Waals surface area contributed by atoms with Crippen LogP contribution in [0.4, 0.5) is 0 Å². The van der Waals surface area contributed by atoms with Gasteiger partial charge in [0.1, 0.15) is 0 Å². The van der Waals surface area contributed by atoms with Gasteiger partial charge in [-0.05, 0) is 58.7 Å². The molecule has 0 aromatic heterocycles. The van der Waals surface area contributed by atoms with E-state index in [2.05, 4.69) is 68.1 Å². The van der Waals surface area contributed by atoms with Gasteiger partial charge in [-0.25, -0.2) is 0 Å². The highest BCUT2D eigenvalue weighted by molar-refractivity contribution is 6.03. The topological polar surface area (TPSA) is 0 Å². The SMILES string of the molecule is C=Cc1c(/C=C\C)ccc2cc3ccc(C)cc3cc12. The number of hydrogen-bond acceptors (Lipinski definition) is 0. The predicted molar refractivity (Wildman–Crippen MR) is 91.0 cm³/mol. The fourth-order valence-electron chi connectivity index (χ4n) is 2.78. The summed E-state index contributed by atoms with van der Waals surface area (Å²) in [6.45, 7) is 8.16. The molecule has 0 fully saturated rings. The van der Waals surface area contributed by atoms with Gasteiger partial charge in [0.25, 0.3) is 0 Å². The molecule has 3 aromatic carbocycles. The first-order valence-corrected chi connectivity index (χ1v) is 6.95. The van der Waals surface area contributed by atoms with E-state index in [0.29, 0.717) is 0 Å². The van der Waals surface area contributed by atoms with Crippen LogP contribution in [-0.4, -0.2) is 0 Å². The van der Waals surface area contributed by atoms with E-state index in [9.17, 15) is 0 Å². The Bertz CT molecular complexity index is 835. The summed E-state index contributed by atoms with van der Waals surface area (Å²) in [6.07, 6.45) is 6.16. The van der Waals surface area contributed by atoms with Gasteiger partial charge in [0.15, 0.2) is 0 Å². The summed E-state index contributed by atoms with van der Waals surface area (Å²) < 4.78 is 0. The number of aryl methyl sites for hydroxylation is 1. The van der Waals surface area contributed by atoms with E-state index in [1.165, 1.54) is 38.2 Å². The van der Waals surface area contributed by atoms with E-state index >= 15 is 0 Å². The Morgan fingerprint density at radius 1 is 0.900 bits per heavy atom. The minimum absolute atomic E-state index is 1.21. The van der Waals surface area contributed by atoms with Crippen molar-refractivity contribution in [2.45, 2.75) is 13.8 Å². The van der Waals surface area contributed by atoms with Crippen LogP contribution in [0.1, 0.15) is 23.6 Å². The molecule has 0 N–H and O–H groups in total. The maximum atomic E-state index is 3.99. The third-order valence-corrected chi connectivity index (χ3v) is 3.76. The van der Waals surface area contributed by atoms with Crippen LogP contribution in [-0.2, 0) is 0 Å². The Morgan fingerprint density at radius 2 is 1.70 bits per heavy atom. The second-order valence-electron chi connectivity index (χ2n) is 5.20. The van der Waals surface area contributed by atoms with Gasteiger partial charge in [-0.3, -0.25) is 0 Å². The zero-order valence-corrected chi connectivity index (χ0v) is 12.0. The highest BCUT2D eigenvalue weighted by Crippen LogP contribution is 2.29. The molecule has 0 heterocycles. The molecule has 3 rings (SSSR count). The number of rotatable bonds is 2. The quantitative estimate of drug-likeness (QED) is 0.496. The molecule has 0 saturated heterocycles. The van der Waals surface area contributed by atoms with Crippen molar-refractivity contribution in [2.24, 2.45) is 0 Å². The van der Waals surface area contributed by atoms with Crippen molar-refractivity contribution in [3.05, 3.63) is 71.8 Å². The maximum absolute atomic E-state index is 3.99. The molecule has 0 nitrogen and oxygen atoms in total. The predicted octanol–water partition coefficient (Wildman–Crippen LogP) is 5.98. The lowest BCUT2D eigenvalue weighted by Crippen LogP contribution is -1.85. The van der Waals surface area contributed by atoms with E-state index in [1.54, 1.807) is 0 Å². The van der Waals surface area contributed by atoms with Crippen LogP contribution in [0, 0.1) is 6.92 Å². The summed E-state index contributed by atoms with van der Waals surface area (Å²) in [7, 11) is 0. The van der Waals surface area contributed by atoms with Gasteiger partial charge in [0, 0.05) is 0 Å². The summed E-state index contributed by atoms with van der Waals surface area (Å²) in [5, 5.41) is 5.12. The lowest BCUT2D eigenvalue weighted by Gasteiger charge is -2.09. The Balaban J connectivity index is 2.42. The number of hydrogen-bond donors (Lipinski definition) is 0. The molecule has 0 unspecified atom stereocenters. The second-order valence-corrected chi connectivity index (χ2v) is 5.20. The standard InChI is InChI=1S/C20H18/c1-4-6-15-9-10-17-12-16-8-7-14(3)11-18(16)13-20(17)19(15)5-2/h4-13H,2H2,1,3H3/b6-4-. The molecule has 0 heteroatoms. The monoisotopic (exact) mass is 258 g/mol. The first-order chi connectivity index (χ1) is 9.72.